The third kappa shape index (κ3) is 3.02. The molecule has 8 heteroatoms. The first-order valence-corrected chi connectivity index (χ1v) is 10.6. The highest BCUT2D eigenvalue weighted by molar-refractivity contribution is 7.89. The first kappa shape index (κ1) is 18.1. The van der Waals surface area contributed by atoms with Crippen molar-refractivity contribution in [1.29, 1.82) is 0 Å². The normalized spacial score (nSPS) is 17.9. The number of aryl methyl sites for hydroxylation is 1. The van der Waals surface area contributed by atoms with Crippen LogP contribution in [-0.4, -0.2) is 38.3 Å². The average Bonchev–Trinajstić information content (AvgIpc) is 3.31. The van der Waals surface area contributed by atoms with Crippen molar-refractivity contribution in [2.24, 2.45) is 0 Å². The number of sulfonamides is 1. The van der Waals surface area contributed by atoms with E-state index in [9.17, 15) is 13.2 Å². The Kier molecular flexibility index (Phi) is 4.47. The van der Waals surface area contributed by atoms with Gasteiger partial charge >= 0.3 is 0 Å². The molecular weight excluding hydrogens is 366 g/mol. The zero-order valence-electron chi connectivity index (χ0n) is 15.3. The standard InChI is InChI=1S/C19H23N3O4S/c1-13-18(27(24,25)21-9-2-3-10-21)12-17(26-13)19(23)22-11-5-6-14-15(20)7-4-8-16(14)22/h4,7-8,12H,2-3,5-6,9-11,20H2,1H3. The summed E-state index contributed by atoms with van der Waals surface area (Å²) >= 11 is 0. The Morgan fingerprint density at radius 2 is 1.89 bits per heavy atom. The van der Waals surface area contributed by atoms with Crippen LogP contribution in [0.1, 0.15) is 41.1 Å². The minimum absolute atomic E-state index is 0.0422. The zero-order chi connectivity index (χ0) is 19.2. The molecule has 1 saturated heterocycles. The van der Waals surface area contributed by atoms with Crippen molar-refractivity contribution in [2.75, 3.05) is 30.3 Å². The van der Waals surface area contributed by atoms with Gasteiger partial charge in [0.25, 0.3) is 5.91 Å². The summed E-state index contributed by atoms with van der Waals surface area (Å²) in [6.07, 6.45) is 3.32. The molecule has 2 aromatic rings. The van der Waals surface area contributed by atoms with E-state index in [-0.39, 0.29) is 22.3 Å². The predicted octanol–water partition coefficient (Wildman–Crippen LogP) is 2.55. The number of amides is 1. The molecule has 2 aliphatic rings. The third-order valence-electron chi connectivity index (χ3n) is 5.30. The SMILES string of the molecule is Cc1oc(C(=O)N2CCCc3c(N)cccc32)cc1S(=O)(=O)N1CCCC1. The second kappa shape index (κ2) is 6.69. The van der Waals surface area contributed by atoms with E-state index >= 15 is 0 Å². The fourth-order valence-corrected chi connectivity index (χ4v) is 5.57. The van der Waals surface area contributed by atoms with Gasteiger partial charge in [0.05, 0.1) is 0 Å². The molecule has 0 bridgehead atoms. The molecule has 27 heavy (non-hydrogen) atoms. The summed E-state index contributed by atoms with van der Waals surface area (Å²) < 4.78 is 32.7. The number of hydrogen-bond acceptors (Lipinski definition) is 5. The first-order chi connectivity index (χ1) is 12.9. The number of furan rings is 1. The maximum Gasteiger partial charge on any atom is 0.294 e. The van der Waals surface area contributed by atoms with Crippen molar-refractivity contribution in [3.8, 4) is 0 Å². The molecule has 0 spiro atoms. The fraction of sp³-hybridized carbons (Fsp3) is 0.421. The van der Waals surface area contributed by atoms with Crippen LogP contribution in [0.2, 0.25) is 0 Å². The summed E-state index contributed by atoms with van der Waals surface area (Å²) in [5.41, 5.74) is 8.43. The molecule has 4 rings (SSSR count). The van der Waals surface area contributed by atoms with Gasteiger partial charge in [-0.2, -0.15) is 4.31 Å². The van der Waals surface area contributed by atoms with Crippen molar-refractivity contribution in [3.05, 3.63) is 41.3 Å². The maximum atomic E-state index is 13.1. The molecule has 0 saturated carbocycles. The smallest absolute Gasteiger partial charge is 0.294 e. The summed E-state index contributed by atoms with van der Waals surface area (Å²) in [5, 5.41) is 0. The Hall–Kier alpha value is -2.32. The largest absolute Gasteiger partial charge is 0.455 e. The zero-order valence-corrected chi connectivity index (χ0v) is 16.1. The molecule has 1 fully saturated rings. The lowest BCUT2D eigenvalue weighted by Crippen LogP contribution is -2.35. The average molecular weight is 389 g/mol. The lowest BCUT2D eigenvalue weighted by molar-refractivity contribution is 0.0957. The molecule has 0 aliphatic carbocycles. The topological polar surface area (TPSA) is 96.8 Å². The maximum absolute atomic E-state index is 13.1. The Bertz CT molecular complexity index is 990. The third-order valence-corrected chi connectivity index (χ3v) is 7.30. The molecule has 1 amide bonds. The molecule has 0 atom stereocenters. The Balaban J connectivity index is 1.68. The predicted molar refractivity (Wildman–Crippen MR) is 102 cm³/mol. The second-order valence-electron chi connectivity index (χ2n) is 7.05. The quantitative estimate of drug-likeness (QED) is 0.814. The number of rotatable bonds is 3. The van der Waals surface area contributed by atoms with Gasteiger partial charge in [-0.1, -0.05) is 6.07 Å². The number of anilines is 2. The summed E-state index contributed by atoms with van der Waals surface area (Å²) in [4.78, 5) is 14.8. The van der Waals surface area contributed by atoms with Gasteiger partial charge in [0, 0.05) is 37.1 Å². The van der Waals surface area contributed by atoms with Crippen molar-refractivity contribution >= 4 is 27.3 Å². The van der Waals surface area contributed by atoms with Gasteiger partial charge in [-0.05, 0) is 50.3 Å². The van der Waals surface area contributed by atoms with Gasteiger partial charge in [0.1, 0.15) is 10.7 Å². The van der Waals surface area contributed by atoms with E-state index in [1.165, 1.54) is 10.4 Å². The van der Waals surface area contributed by atoms with Crippen LogP contribution in [0.5, 0.6) is 0 Å². The van der Waals surface area contributed by atoms with Crippen LogP contribution in [-0.2, 0) is 16.4 Å². The van der Waals surface area contributed by atoms with Crippen molar-refractivity contribution < 1.29 is 17.6 Å². The molecule has 0 radical (unpaired) electrons. The van der Waals surface area contributed by atoms with Crippen molar-refractivity contribution in [3.63, 3.8) is 0 Å². The fourth-order valence-electron chi connectivity index (χ4n) is 3.89. The van der Waals surface area contributed by atoms with Crippen LogP contribution in [0, 0.1) is 6.92 Å². The number of nitrogens with two attached hydrogens (primary N) is 1. The van der Waals surface area contributed by atoms with E-state index in [4.69, 9.17) is 10.2 Å². The van der Waals surface area contributed by atoms with Gasteiger partial charge in [-0.3, -0.25) is 4.79 Å². The molecule has 1 aromatic carbocycles. The first-order valence-electron chi connectivity index (χ1n) is 9.19. The Morgan fingerprint density at radius 1 is 1.15 bits per heavy atom. The summed E-state index contributed by atoms with van der Waals surface area (Å²) in [6.45, 7) is 3.15. The van der Waals surface area contributed by atoms with E-state index in [0.717, 1.165) is 36.9 Å². The number of carbonyl (C=O) groups excluding carboxylic acids is 1. The summed E-state index contributed by atoms with van der Waals surface area (Å²) in [7, 11) is -3.63. The molecule has 2 aliphatic heterocycles. The Morgan fingerprint density at radius 3 is 2.63 bits per heavy atom. The van der Waals surface area contributed by atoms with Gasteiger partial charge < -0.3 is 15.1 Å². The molecule has 144 valence electrons. The van der Waals surface area contributed by atoms with Gasteiger partial charge in [0.2, 0.25) is 10.0 Å². The van der Waals surface area contributed by atoms with Crippen molar-refractivity contribution in [2.45, 2.75) is 37.5 Å². The number of nitrogens with zero attached hydrogens (tertiary/aromatic N) is 2. The highest BCUT2D eigenvalue weighted by atomic mass is 32.2. The minimum atomic E-state index is -3.63. The molecule has 2 N–H and O–H groups in total. The summed E-state index contributed by atoms with van der Waals surface area (Å²) in [6, 6.07) is 6.87. The van der Waals surface area contributed by atoms with Crippen LogP contribution in [0.3, 0.4) is 0 Å². The van der Waals surface area contributed by atoms with E-state index in [2.05, 4.69) is 0 Å². The van der Waals surface area contributed by atoms with E-state index in [0.29, 0.717) is 25.3 Å². The van der Waals surface area contributed by atoms with Crippen LogP contribution in [0.15, 0.2) is 33.6 Å². The monoisotopic (exact) mass is 389 g/mol. The number of hydrogen-bond donors (Lipinski definition) is 1. The molecular formula is C19H23N3O4S. The number of carbonyl (C=O) groups is 1. The highest BCUT2D eigenvalue weighted by Gasteiger charge is 2.33. The number of nitrogen functional groups attached to an aromatic ring is 1. The van der Waals surface area contributed by atoms with Crippen molar-refractivity contribution in [1.82, 2.24) is 4.31 Å². The van der Waals surface area contributed by atoms with Crippen LogP contribution >= 0.6 is 0 Å². The van der Waals surface area contributed by atoms with Crippen LogP contribution < -0.4 is 10.6 Å². The van der Waals surface area contributed by atoms with Gasteiger partial charge in [-0.15, -0.1) is 0 Å². The highest BCUT2D eigenvalue weighted by Crippen LogP contribution is 2.33. The molecule has 1 aromatic heterocycles. The van der Waals surface area contributed by atoms with Crippen LogP contribution in [0.4, 0.5) is 11.4 Å². The van der Waals surface area contributed by atoms with Gasteiger partial charge in [0.15, 0.2) is 5.76 Å². The number of fused-ring (bicyclic) bond motifs is 1. The van der Waals surface area contributed by atoms with Gasteiger partial charge in [-0.25, -0.2) is 8.42 Å². The number of benzene rings is 1. The van der Waals surface area contributed by atoms with E-state index in [1.807, 2.05) is 18.2 Å². The lowest BCUT2D eigenvalue weighted by Gasteiger charge is -2.29. The molecule has 0 unspecified atom stereocenters. The minimum Gasteiger partial charge on any atom is -0.455 e. The Labute approximate surface area is 158 Å². The van der Waals surface area contributed by atoms with E-state index < -0.39 is 10.0 Å². The molecule has 7 nitrogen and oxygen atoms in total. The van der Waals surface area contributed by atoms with E-state index in [1.54, 1.807) is 11.8 Å². The second-order valence-corrected chi connectivity index (χ2v) is 8.95. The lowest BCUT2D eigenvalue weighted by atomic mass is 9.99. The van der Waals surface area contributed by atoms with Crippen LogP contribution in [0.25, 0.3) is 0 Å². The summed E-state index contributed by atoms with van der Waals surface area (Å²) in [5.74, 6) is -0.0527. The molecule has 3 heterocycles.